The molecule has 0 aliphatic rings. The Bertz CT molecular complexity index is 1310. The third-order valence-electron chi connectivity index (χ3n) is 5.70. The molecule has 0 unspecified atom stereocenters. The fraction of sp³-hybridized carbons (Fsp3) is 0.200. The van der Waals surface area contributed by atoms with E-state index in [1.807, 2.05) is 24.3 Å². The number of rotatable bonds is 7. The van der Waals surface area contributed by atoms with Gasteiger partial charge < -0.3 is 4.74 Å². The van der Waals surface area contributed by atoms with Gasteiger partial charge in [-0.3, -0.25) is 0 Å². The Balaban J connectivity index is 1.46. The molecule has 0 fully saturated rings. The fourth-order valence-corrected chi connectivity index (χ4v) is 3.90. The molecule has 0 N–H and O–H groups in total. The molecule has 0 spiro atoms. The molecule has 4 aromatic rings. The molecule has 0 atom stereocenters. The van der Waals surface area contributed by atoms with Crippen LogP contribution in [-0.2, 0) is 19.3 Å². The monoisotopic (exact) mass is 458 g/mol. The third-order valence-corrected chi connectivity index (χ3v) is 5.70. The highest BCUT2D eigenvalue weighted by Crippen LogP contribution is 2.23. The van der Waals surface area contributed by atoms with Gasteiger partial charge in [0.05, 0.1) is 5.56 Å². The van der Waals surface area contributed by atoms with Crippen LogP contribution in [0.15, 0.2) is 78.9 Å². The molecule has 0 aliphatic heterocycles. The zero-order valence-corrected chi connectivity index (χ0v) is 19.0. The molecule has 4 aromatic carbocycles. The Morgan fingerprint density at radius 3 is 2.06 bits per heavy atom. The van der Waals surface area contributed by atoms with E-state index in [4.69, 9.17) is 0 Å². The molecule has 0 radical (unpaired) electrons. The molecule has 0 aromatic heterocycles. The van der Waals surface area contributed by atoms with Gasteiger partial charge in [-0.25, -0.2) is 4.39 Å². The van der Waals surface area contributed by atoms with Crippen molar-refractivity contribution in [1.82, 2.24) is 0 Å². The summed E-state index contributed by atoms with van der Waals surface area (Å²) in [5.74, 6) is 5.41. The second kappa shape index (κ2) is 10.9. The topological polar surface area (TPSA) is 9.23 Å². The number of benzene rings is 4. The zero-order valence-electron chi connectivity index (χ0n) is 19.0. The van der Waals surface area contributed by atoms with Gasteiger partial charge in [0.15, 0.2) is 0 Å². The molecular formula is C30H25F3O. The lowest BCUT2D eigenvalue weighted by Crippen LogP contribution is -2.01. The number of halogens is 3. The molecule has 0 bridgehead atoms. The van der Waals surface area contributed by atoms with Crippen molar-refractivity contribution in [2.75, 3.05) is 0 Å². The van der Waals surface area contributed by atoms with Gasteiger partial charge in [0.25, 0.3) is 0 Å². The van der Waals surface area contributed by atoms with Crippen LogP contribution in [0.5, 0.6) is 5.75 Å². The van der Waals surface area contributed by atoms with E-state index >= 15 is 4.39 Å². The molecule has 0 saturated carbocycles. The first-order valence-electron chi connectivity index (χ1n) is 11.4. The molecule has 0 amide bonds. The Hall–Kier alpha value is -3.71. The maximum atomic E-state index is 15.1. The number of hydrogen-bond acceptors (Lipinski definition) is 1. The van der Waals surface area contributed by atoms with E-state index in [-0.39, 0.29) is 11.6 Å². The Labute approximate surface area is 198 Å². The standard InChI is InChI=1S/C30H25F3O/c1-2-3-21-4-6-22(7-5-21)8-9-24-13-19-28-26(20-24)16-15-25(29(28)31)14-10-23-11-17-27(18-12-23)34-30(32)33/h4-7,11-13,15-20,30H,2-3,8-9H2,1H3. The van der Waals surface area contributed by atoms with Gasteiger partial charge in [-0.15, -0.1) is 0 Å². The lowest BCUT2D eigenvalue weighted by atomic mass is 9.98. The van der Waals surface area contributed by atoms with Gasteiger partial charge >= 0.3 is 6.61 Å². The highest BCUT2D eigenvalue weighted by Gasteiger charge is 2.07. The second-order valence-corrected chi connectivity index (χ2v) is 8.20. The normalized spacial score (nSPS) is 10.9. The predicted molar refractivity (Wildman–Crippen MR) is 131 cm³/mol. The Morgan fingerprint density at radius 2 is 1.38 bits per heavy atom. The van der Waals surface area contributed by atoms with Crippen molar-refractivity contribution in [2.45, 2.75) is 39.2 Å². The first-order chi connectivity index (χ1) is 16.5. The Kier molecular flexibility index (Phi) is 7.54. The van der Waals surface area contributed by atoms with Crippen molar-refractivity contribution in [3.05, 3.63) is 112 Å². The minimum atomic E-state index is -2.87. The molecular weight excluding hydrogens is 433 g/mol. The highest BCUT2D eigenvalue weighted by atomic mass is 19.3. The zero-order chi connectivity index (χ0) is 23.9. The summed E-state index contributed by atoms with van der Waals surface area (Å²) in [5.41, 5.74) is 4.70. The van der Waals surface area contributed by atoms with Crippen LogP contribution in [-0.4, -0.2) is 6.61 Å². The van der Waals surface area contributed by atoms with Crippen molar-refractivity contribution < 1.29 is 17.9 Å². The van der Waals surface area contributed by atoms with E-state index in [1.165, 1.54) is 23.3 Å². The summed E-state index contributed by atoms with van der Waals surface area (Å²) in [4.78, 5) is 0. The smallest absolute Gasteiger partial charge is 0.387 e. The van der Waals surface area contributed by atoms with Gasteiger partial charge in [-0.1, -0.05) is 73.7 Å². The van der Waals surface area contributed by atoms with Gasteiger partial charge in [-0.2, -0.15) is 8.78 Å². The minimum Gasteiger partial charge on any atom is -0.435 e. The summed E-state index contributed by atoms with van der Waals surface area (Å²) in [6, 6.07) is 24.1. The summed E-state index contributed by atoms with van der Waals surface area (Å²) in [7, 11) is 0. The van der Waals surface area contributed by atoms with Crippen molar-refractivity contribution in [2.24, 2.45) is 0 Å². The van der Waals surface area contributed by atoms with E-state index in [0.717, 1.165) is 36.6 Å². The second-order valence-electron chi connectivity index (χ2n) is 8.20. The van der Waals surface area contributed by atoms with Gasteiger partial charge in [-0.05, 0) is 71.7 Å². The van der Waals surface area contributed by atoms with E-state index in [0.29, 0.717) is 16.5 Å². The number of hydrogen-bond donors (Lipinski definition) is 0. The van der Waals surface area contributed by atoms with E-state index in [9.17, 15) is 8.78 Å². The van der Waals surface area contributed by atoms with Crippen LogP contribution in [0.4, 0.5) is 13.2 Å². The number of aryl methyl sites for hydroxylation is 3. The van der Waals surface area contributed by atoms with Crippen molar-refractivity contribution in [3.63, 3.8) is 0 Å². The summed E-state index contributed by atoms with van der Waals surface area (Å²) in [5, 5.41) is 1.37. The largest absolute Gasteiger partial charge is 0.435 e. The quantitative estimate of drug-likeness (QED) is 0.258. The first kappa shape index (κ1) is 23.4. The Morgan fingerprint density at radius 1 is 0.735 bits per heavy atom. The maximum absolute atomic E-state index is 15.1. The molecule has 0 heterocycles. The SMILES string of the molecule is CCCc1ccc(CCc2ccc3c(F)c(C#Cc4ccc(OC(F)F)cc4)ccc3c2)cc1. The van der Waals surface area contributed by atoms with Gasteiger partial charge in [0, 0.05) is 10.9 Å². The molecule has 0 aliphatic carbocycles. The van der Waals surface area contributed by atoms with E-state index < -0.39 is 6.61 Å². The molecule has 0 saturated heterocycles. The van der Waals surface area contributed by atoms with E-state index in [1.54, 1.807) is 18.2 Å². The lowest BCUT2D eigenvalue weighted by molar-refractivity contribution is -0.0498. The fourth-order valence-electron chi connectivity index (χ4n) is 3.90. The van der Waals surface area contributed by atoms with Crippen LogP contribution in [0.1, 0.15) is 41.2 Å². The van der Waals surface area contributed by atoms with Crippen LogP contribution in [0, 0.1) is 17.7 Å². The third kappa shape index (κ3) is 5.99. The highest BCUT2D eigenvalue weighted by molar-refractivity contribution is 5.85. The van der Waals surface area contributed by atoms with Crippen LogP contribution in [0.25, 0.3) is 10.8 Å². The number of ether oxygens (including phenoxy) is 1. The lowest BCUT2D eigenvalue weighted by Gasteiger charge is -2.07. The van der Waals surface area contributed by atoms with Crippen LogP contribution < -0.4 is 4.74 Å². The summed E-state index contributed by atoms with van der Waals surface area (Å²) < 4.78 is 43.9. The molecule has 4 heteroatoms. The number of fused-ring (bicyclic) bond motifs is 1. The van der Waals surface area contributed by atoms with E-state index in [2.05, 4.69) is 47.8 Å². The predicted octanol–water partition coefficient (Wildman–Crippen LogP) is 7.72. The summed E-state index contributed by atoms with van der Waals surface area (Å²) in [6.07, 6.45) is 4.07. The summed E-state index contributed by atoms with van der Waals surface area (Å²) >= 11 is 0. The molecule has 172 valence electrons. The van der Waals surface area contributed by atoms with Crippen LogP contribution in [0.2, 0.25) is 0 Å². The summed E-state index contributed by atoms with van der Waals surface area (Å²) in [6.45, 7) is -0.692. The first-order valence-corrected chi connectivity index (χ1v) is 11.4. The average Bonchev–Trinajstić information content (AvgIpc) is 2.84. The van der Waals surface area contributed by atoms with Gasteiger partial charge in [0.2, 0.25) is 0 Å². The van der Waals surface area contributed by atoms with Crippen molar-refractivity contribution >= 4 is 10.8 Å². The van der Waals surface area contributed by atoms with Crippen molar-refractivity contribution in [1.29, 1.82) is 0 Å². The molecule has 4 rings (SSSR count). The average molecular weight is 459 g/mol. The molecule has 1 nitrogen and oxygen atoms in total. The minimum absolute atomic E-state index is 0.0572. The van der Waals surface area contributed by atoms with Gasteiger partial charge in [0.1, 0.15) is 11.6 Å². The van der Waals surface area contributed by atoms with Crippen LogP contribution in [0.3, 0.4) is 0 Å². The maximum Gasteiger partial charge on any atom is 0.387 e. The van der Waals surface area contributed by atoms with Crippen LogP contribution >= 0.6 is 0 Å². The van der Waals surface area contributed by atoms with Crippen molar-refractivity contribution in [3.8, 4) is 17.6 Å². The number of alkyl halides is 2. The molecule has 34 heavy (non-hydrogen) atoms.